The average Bonchev–Trinajstić information content (AvgIpc) is 2.93. The summed E-state index contributed by atoms with van der Waals surface area (Å²) in [4.78, 5) is 10.1. The molecule has 2 unspecified atom stereocenters. The highest BCUT2D eigenvalue weighted by molar-refractivity contribution is 6.09. The van der Waals surface area contributed by atoms with Gasteiger partial charge in [-0.3, -0.25) is 0 Å². The van der Waals surface area contributed by atoms with Crippen LogP contribution in [-0.4, -0.2) is 11.7 Å². The van der Waals surface area contributed by atoms with E-state index in [0.717, 1.165) is 22.8 Å². The zero-order chi connectivity index (χ0) is 24.9. The predicted octanol–water partition coefficient (Wildman–Crippen LogP) is 8.03. The Morgan fingerprint density at radius 2 is 1.56 bits per heavy atom. The molecule has 1 N–H and O–H groups in total. The van der Waals surface area contributed by atoms with Crippen molar-refractivity contribution >= 4 is 22.4 Å². The molecule has 0 bridgehead atoms. The number of amidine groups is 2. The molecular weight excluding hydrogens is 438 g/mol. The van der Waals surface area contributed by atoms with E-state index in [2.05, 4.69) is 104 Å². The summed E-state index contributed by atoms with van der Waals surface area (Å²) < 4.78 is 0. The second-order valence-corrected chi connectivity index (χ2v) is 9.18. The molecule has 1 aliphatic heterocycles. The maximum absolute atomic E-state index is 5.14. The van der Waals surface area contributed by atoms with Crippen molar-refractivity contribution < 1.29 is 0 Å². The van der Waals surface area contributed by atoms with Crippen LogP contribution in [0.25, 0.3) is 21.9 Å². The van der Waals surface area contributed by atoms with Crippen LogP contribution in [-0.2, 0) is 0 Å². The van der Waals surface area contributed by atoms with E-state index in [1.807, 2.05) is 37.3 Å². The number of aryl methyl sites for hydroxylation is 1. The minimum absolute atomic E-state index is 0.112. The van der Waals surface area contributed by atoms with Crippen LogP contribution >= 0.6 is 0 Å². The lowest BCUT2D eigenvalue weighted by Gasteiger charge is -2.27. The van der Waals surface area contributed by atoms with E-state index in [4.69, 9.17) is 9.98 Å². The predicted molar refractivity (Wildman–Crippen MR) is 154 cm³/mol. The fourth-order valence-electron chi connectivity index (χ4n) is 4.57. The fraction of sp³-hybridized carbons (Fsp3) is 0.152. The second-order valence-electron chi connectivity index (χ2n) is 9.18. The van der Waals surface area contributed by atoms with Gasteiger partial charge in [-0.2, -0.15) is 0 Å². The van der Waals surface area contributed by atoms with Crippen molar-refractivity contribution in [3.8, 4) is 11.1 Å². The summed E-state index contributed by atoms with van der Waals surface area (Å²) in [5.41, 5.74) is 5.81. The summed E-state index contributed by atoms with van der Waals surface area (Å²) in [5, 5.41) is 6.11. The van der Waals surface area contributed by atoms with Gasteiger partial charge in [-0.25, -0.2) is 9.98 Å². The van der Waals surface area contributed by atoms with Gasteiger partial charge >= 0.3 is 0 Å². The van der Waals surface area contributed by atoms with Crippen molar-refractivity contribution in [1.82, 2.24) is 5.32 Å². The van der Waals surface area contributed by atoms with Gasteiger partial charge in [0, 0.05) is 17.0 Å². The van der Waals surface area contributed by atoms with Gasteiger partial charge < -0.3 is 5.32 Å². The molecule has 0 aromatic heterocycles. The van der Waals surface area contributed by atoms with Crippen LogP contribution in [0, 0.1) is 12.8 Å². The molecule has 1 heterocycles. The lowest BCUT2D eigenvalue weighted by atomic mass is 9.91. The fourth-order valence-corrected chi connectivity index (χ4v) is 4.57. The van der Waals surface area contributed by atoms with Crippen molar-refractivity contribution in [1.29, 1.82) is 0 Å². The molecule has 4 aromatic rings. The highest BCUT2D eigenvalue weighted by Crippen LogP contribution is 2.37. The Hall–Kier alpha value is -4.24. The number of aliphatic imine (C=N–C) groups is 2. The van der Waals surface area contributed by atoms with E-state index in [0.29, 0.717) is 0 Å². The van der Waals surface area contributed by atoms with Crippen molar-refractivity contribution in [2.24, 2.45) is 15.9 Å². The smallest absolute Gasteiger partial charge is 0.159 e. The summed E-state index contributed by atoms with van der Waals surface area (Å²) in [6.45, 7) is 6.31. The van der Waals surface area contributed by atoms with Crippen LogP contribution < -0.4 is 5.32 Å². The Labute approximate surface area is 213 Å². The average molecular weight is 470 g/mol. The molecule has 0 saturated heterocycles. The quantitative estimate of drug-likeness (QED) is 0.285. The van der Waals surface area contributed by atoms with Gasteiger partial charge in [0.2, 0.25) is 0 Å². The highest BCUT2D eigenvalue weighted by atomic mass is 15.2. The molecular formula is C33H31N3. The summed E-state index contributed by atoms with van der Waals surface area (Å²) in [6, 6.07) is 32.0. The van der Waals surface area contributed by atoms with Crippen LogP contribution in [0.3, 0.4) is 0 Å². The molecule has 3 nitrogen and oxygen atoms in total. The number of allylic oxidation sites excluding steroid dienone is 3. The van der Waals surface area contributed by atoms with E-state index in [-0.39, 0.29) is 12.1 Å². The molecule has 2 atom stereocenters. The minimum atomic E-state index is -0.258. The molecule has 36 heavy (non-hydrogen) atoms. The van der Waals surface area contributed by atoms with Crippen LogP contribution in [0.5, 0.6) is 0 Å². The van der Waals surface area contributed by atoms with Gasteiger partial charge in [-0.15, -0.1) is 0 Å². The molecule has 1 aliphatic rings. The highest BCUT2D eigenvalue weighted by Gasteiger charge is 2.25. The van der Waals surface area contributed by atoms with Gasteiger partial charge in [0.25, 0.3) is 0 Å². The number of rotatable bonds is 6. The summed E-state index contributed by atoms with van der Waals surface area (Å²) in [5.74, 6) is 1.78. The van der Waals surface area contributed by atoms with E-state index in [9.17, 15) is 0 Å². The van der Waals surface area contributed by atoms with Crippen LogP contribution in [0.2, 0.25) is 0 Å². The number of hydrogen-bond donors (Lipinski definition) is 1. The van der Waals surface area contributed by atoms with Crippen molar-refractivity contribution in [3.05, 3.63) is 132 Å². The van der Waals surface area contributed by atoms with E-state index in [1.54, 1.807) is 0 Å². The third kappa shape index (κ3) is 4.92. The van der Waals surface area contributed by atoms with Crippen molar-refractivity contribution in [2.45, 2.75) is 26.9 Å². The summed E-state index contributed by atoms with van der Waals surface area (Å²) >= 11 is 0. The Balaban J connectivity index is 1.67. The number of fused-ring (bicyclic) bond motifs is 1. The topological polar surface area (TPSA) is 36.8 Å². The first-order valence-electron chi connectivity index (χ1n) is 12.5. The zero-order valence-electron chi connectivity index (χ0n) is 21.0. The maximum atomic E-state index is 5.14. The van der Waals surface area contributed by atoms with Gasteiger partial charge in [-0.1, -0.05) is 128 Å². The maximum Gasteiger partial charge on any atom is 0.159 e. The summed E-state index contributed by atoms with van der Waals surface area (Å²) in [7, 11) is 0. The first-order valence-corrected chi connectivity index (χ1v) is 12.5. The molecule has 0 fully saturated rings. The molecule has 0 amide bonds. The third-order valence-corrected chi connectivity index (χ3v) is 6.53. The van der Waals surface area contributed by atoms with Gasteiger partial charge in [-0.05, 0) is 35.7 Å². The van der Waals surface area contributed by atoms with Crippen LogP contribution in [0.1, 0.15) is 36.7 Å². The lowest BCUT2D eigenvalue weighted by Crippen LogP contribution is -2.36. The second kappa shape index (κ2) is 10.6. The monoisotopic (exact) mass is 469 g/mol. The number of benzene rings is 4. The molecule has 3 heteroatoms. The van der Waals surface area contributed by atoms with E-state index < -0.39 is 0 Å². The lowest BCUT2D eigenvalue weighted by molar-refractivity contribution is 0.654. The van der Waals surface area contributed by atoms with Crippen LogP contribution in [0.15, 0.2) is 125 Å². The van der Waals surface area contributed by atoms with E-state index in [1.165, 1.54) is 27.5 Å². The standard InChI is InChI=1S/C33H31N3/c1-4-5-7-12-24(3)31-34-32(27-14-8-6-9-15-27)36-33(35-31)29-22-21-25-13-10-11-16-28(25)30(29)26-19-17-23(2)18-20-26/h4-22,24,33H,1-3H3,(H,34,35,36)/b5-4-,12-7-. The summed E-state index contributed by atoms with van der Waals surface area (Å²) in [6.07, 6.45) is 8.06. The van der Waals surface area contributed by atoms with Gasteiger partial charge in [0.15, 0.2) is 5.84 Å². The molecule has 0 saturated carbocycles. The SMILES string of the molecule is C/C=C\C=C/C(C)C1=NC(c2ccccc2)=NC(c2ccc3ccccc3c2-c2ccc(C)cc2)N1. The molecule has 0 radical (unpaired) electrons. The van der Waals surface area contributed by atoms with E-state index >= 15 is 0 Å². The Morgan fingerprint density at radius 1 is 0.806 bits per heavy atom. The largest absolute Gasteiger partial charge is 0.348 e. The first-order chi connectivity index (χ1) is 17.6. The normalized spacial score (nSPS) is 16.7. The van der Waals surface area contributed by atoms with Crippen molar-refractivity contribution in [3.63, 3.8) is 0 Å². The van der Waals surface area contributed by atoms with Gasteiger partial charge in [0.05, 0.1) is 0 Å². The molecule has 0 spiro atoms. The number of nitrogens with one attached hydrogen (secondary N) is 1. The number of hydrogen-bond acceptors (Lipinski definition) is 3. The first kappa shape index (κ1) is 23.5. The minimum Gasteiger partial charge on any atom is -0.348 e. The van der Waals surface area contributed by atoms with Crippen LogP contribution in [0.4, 0.5) is 0 Å². The molecule has 0 aliphatic carbocycles. The molecule has 4 aromatic carbocycles. The number of nitrogens with zero attached hydrogens (tertiary/aromatic N) is 2. The van der Waals surface area contributed by atoms with Crippen molar-refractivity contribution in [2.75, 3.05) is 0 Å². The Bertz CT molecular complexity index is 1470. The Morgan fingerprint density at radius 3 is 2.33 bits per heavy atom. The zero-order valence-corrected chi connectivity index (χ0v) is 21.0. The molecule has 178 valence electrons. The molecule has 5 rings (SSSR count). The van der Waals surface area contributed by atoms with Gasteiger partial charge in [0.1, 0.15) is 12.0 Å². The Kier molecular flexibility index (Phi) is 6.90. The third-order valence-electron chi connectivity index (χ3n) is 6.53.